The lowest BCUT2D eigenvalue weighted by atomic mass is 9.68. The molecule has 0 aliphatic carbocycles. The number of nitriles is 1. The Morgan fingerprint density at radius 2 is 1.41 bits per heavy atom. The first-order chi connectivity index (χ1) is 19.9. The lowest BCUT2D eigenvalue weighted by Gasteiger charge is -2.41. The van der Waals surface area contributed by atoms with Crippen LogP contribution in [0, 0.1) is 16.7 Å². The molecule has 0 aromatic heterocycles. The maximum atomic E-state index is 14.4. The molecular formula is C34H35N3O4. The number of hydrogen-bond donors (Lipinski definition) is 0. The molecule has 7 heteroatoms. The number of amides is 1. The Morgan fingerprint density at radius 1 is 0.805 bits per heavy atom. The van der Waals surface area contributed by atoms with E-state index in [1.807, 2.05) is 71.6 Å². The quantitative estimate of drug-likeness (QED) is 0.273. The second-order valence-electron chi connectivity index (χ2n) is 10.4. The van der Waals surface area contributed by atoms with Gasteiger partial charge in [0.05, 0.1) is 27.4 Å². The van der Waals surface area contributed by atoms with Crippen LogP contribution >= 0.6 is 0 Å². The third kappa shape index (κ3) is 5.26. The second-order valence-corrected chi connectivity index (χ2v) is 10.4. The van der Waals surface area contributed by atoms with Crippen molar-refractivity contribution in [1.29, 1.82) is 5.26 Å². The van der Waals surface area contributed by atoms with Gasteiger partial charge in [0, 0.05) is 61.5 Å². The highest BCUT2D eigenvalue weighted by Gasteiger charge is 2.47. The first-order valence-electron chi connectivity index (χ1n) is 13.7. The molecule has 0 radical (unpaired) electrons. The number of fused-ring (bicyclic) bond motifs is 1. The summed E-state index contributed by atoms with van der Waals surface area (Å²) in [6.07, 6.45) is 0. The van der Waals surface area contributed by atoms with E-state index in [-0.39, 0.29) is 5.91 Å². The Morgan fingerprint density at radius 3 is 2.07 bits per heavy atom. The summed E-state index contributed by atoms with van der Waals surface area (Å²) in [5.41, 5.74) is 1.32. The topological polar surface area (TPSA) is 75.0 Å². The number of methoxy groups -OCH3 is 3. The lowest BCUT2D eigenvalue weighted by molar-refractivity contribution is -0.139. The number of nitrogens with zero attached hydrogens (tertiary/aromatic N) is 3. The molecule has 5 rings (SSSR count). The van der Waals surface area contributed by atoms with E-state index < -0.39 is 11.3 Å². The fourth-order valence-corrected chi connectivity index (χ4v) is 5.90. The van der Waals surface area contributed by atoms with Crippen LogP contribution in [0.1, 0.15) is 24.0 Å². The highest BCUT2D eigenvalue weighted by Crippen LogP contribution is 2.47. The number of carbonyl (C=O) groups excluding carboxylic acids is 1. The molecule has 0 bridgehead atoms. The summed E-state index contributed by atoms with van der Waals surface area (Å²) in [6.45, 7) is 4.00. The van der Waals surface area contributed by atoms with Crippen molar-refractivity contribution in [1.82, 2.24) is 4.90 Å². The van der Waals surface area contributed by atoms with E-state index in [1.165, 1.54) is 0 Å². The maximum Gasteiger partial charge on any atom is 0.243 e. The molecule has 0 saturated carbocycles. The average molecular weight is 550 g/mol. The van der Waals surface area contributed by atoms with E-state index >= 15 is 0 Å². The second kappa shape index (κ2) is 11.8. The van der Waals surface area contributed by atoms with E-state index in [2.05, 4.69) is 29.2 Å². The van der Waals surface area contributed by atoms with Crippen LogP contribution in [-0.4, -0.2) is 58.3 Å². The molecule has 7 nitrogen and oxygen atoms in total. The third-order valence-electron chi connectivity index (χ3n) is 8.11. The normalized spacial score (nSPS) is 15.5. The summed E-state index contributed by atoms with van der Waals surface area (Å²) in [5, 5.41) is 12.9. The molecule has 1 fully saturated rings. The summed E-state index contributed by atoms with van der Waals surface area (Å²) < 4.78 is 16.7. The highest BCUT2D eigenvalue weighted by molar-refractivity contribution is 5.91. The van der Waals surface area contributed by atoms with Crippen LogP contribution < -0.4 is 19.1 Å². The van der Waals surface area contributed by atoms with Crippen molar-refractivity contribution in [2.24, 2.45) is 5.41 Å². The molecule has 1 amide bonds. The van der Waals surface area contributed by atoms with Gasteiger partial charge in [0.1, 0.15) is 22.7 Å². The van der Waals surface area contributed by atoms with Crippen LogP contribution in [0.15, 0.2) is 84.9 Å². The predicted molar refractivity (Wildman–Crippen MR) is 161 cm³/mol. The van der Waals surface area contributed by atoms with Gasteiger partial charge in [0.2, 0.25) is 5.91 Å². The van der Waals surface area contributed by atoms with Crippen molar-refractivity contribution in [3.05, 3.63) is 96.1 Å². The monoisotopic (exact) mass is 549 g/mol. The fraction of sp³-hybridized carbons (Fsp3) is 0.294. The first-order valence-corrected chi connectivity index (χ1v) is 13.7. The van der Waals surface area contributed by atoms with Gasteiger partial charge in [-0.15, -0.1) is 0 Å². The Kier molecular flexibility index (Phi) is 8.02. The number of rotatable bonds is 8. The van der Waals surface area contributed by atoms with Crippen LogP contribution in [0.4, 0.5) is 5.69 Å². The number of piperazine rings is 1. The lowest BCUT2D eigenvalue weighted by Crippen LogP contribution is -2.53. The van der Waals surface area contributed by atoms with E-state index in [4.69, 9.17) is 14.2 Å². The Bertz CT molecular complexity index is 1560. The minimum atomic E-state index is -1.39. The molecule has 1 heterocycles. The van der Waals surface area contributed by atoms with Gasteiger partial charge in [0.15, 0.2) is 0 Å². The van der Waals surface area contributed by atoms with Crippen molar-refractivity contribution in [3.8, 4) is 23.3 Å². The van der Waals surface area contributed by atoms with Gasteiger partial charge < -0.3 is 24.0 Å². The van der Waals surface area contributed by atoms with Gasteiger partial charge in [-0.25, -0.2) is 0 Å². The van der Waals surface area contributed by atoms with Gasteiger partial charge in [-0.2, -0.15) is 5.26 Å². The predicted octanol–water partition coefficient (Wildman–Crippen LogP) is 5.88. The minimum Gasteiger partial charge on any atom is -0.497 e. The SMILES string of the molecule is COc1cc(OC)cc(N2CCN(C(=O)[C@](C)(C#N)[C@H](c3ccccc3OC)c3cccc4ccccc34)CC2)c1. The van der Waals surface area contributed by atoms with Gasteiger partial charge in [-0.05, 0) is 29.3 Å². The molecule has 0 N–H and O–H groups in total. The standard InChI is InChI=1S/C34H35N3O4/c1-34(23-35,33(38)37-18-16-36(17-19-37)25-20-26(39-2)22-27(21-25)40-3)32(30-13-7-8-15-31(30)41-4)29-14-9-11-24-10-5-6-12-28(24)29/h5-15,20-22,32H,16-19H2,1-4H3/t32-,34+/m0/s1. The summed E-state index contributed by atoms with van der Waals surface area (Å²) in [7, 11) is 4.88. The van der Waals surface area contributed by atoms with Crippen LogP contribution in [0.5, 0.6) is 17.2 Å². The molecule has 1 aliphatic rings. The third-order valence-corrected chi connectivity index (χ3v) is 8.11. The minimum absolute atomic E-state index is 0.188. The number of hydrogen-bond acceptors (Lipinski definition) is 6. The molecule has 0 unspecified atom stereocenters. The zero-order valence-corrected chi connectivity index (χ0v) is 24.0. The van der Waals surface area contributed by atoms with Crippen molar-refractivity contribution in [2.45, 2.75) is 12.8 Å². The molecule has 4 aromatic carbocycles. The van der Waals surface area contributed by atoms with Crippen molar-refractivity contribution >= 4 is 22.4 Å². The Hall–Kier alpha value is -4.70. The zero-order valence-electron chi connectivity index (χ0n) is 24.0. The van der Waals surface area contributed by atoms with E-state index in [1.54, 1.807) is 28.3 Å². The highest BCUT2D eigenvalue weighted by atomic mass is 16.5. The smallest absolute Gasteiger partial charge is 0.243 e. The molecule has 1 aliphatic heterocycles. The molecule has 1 saturated heterocycles. The molecule has 4 aromatic rings. The largest absolute Gasteiger partial charge is 0.497 e. The molecule has 0 spiro atoms. The number of benzene rings is 4. The van der Waals surface area contributed by atoms with Gasteiger partial charge in [-0.3, -0.25) is 4.79 Å². The first kappa shape index (κ1) is 27.9. The van der Waals surface area contributed by atoms with E-state index in [9.17, 15) is 10.1 Å². The van der Waals surface area contributed by atoms with E-state index in [0.29, 0.717) is 43.4 Å². The zero-order chi connectivity index (χ0) is 29.0. The maximum absolute atomic E-state index is 14.4. The van der Waals surface area contributed by atoms with Crippen LogP contribution in [0.2, 0.25) is 0 Å². The number of anilines is 1. The molecular weight excluding hydrogens is 514 g/mol. The number of ether oxygens (including phenoxy) is 3. The summed E-state index contributed by atoms with van der Waals surface area (Å²) in [5.74, 6) is 1.33. The molecule has 2 atom stereocenters. The summed E-state index contributed by atoms with van der Waals surface area (Å²) in [6, 6.07) is 30.1. The summed E-state index contributed by atoms with van der Waals surface area (Å²) in [4.78, 5) is 18.5. The van der Waals surface area contributed by atoms with Crippen molar-refractivity contribution in [3.63, 3.8) is 0 Å². The van der Waals surface area contributed by atoms with Crippen LogP contribution in [0.3, 0.4) is 0 Å². The molecule has 41 heavy (non-hydrogen) atoms. The van der Waals surface area contributed by atoms with Crippen LogP contribution in [-0.2, 0) is 4.79 Å². The number of para-hydroxylation sites is 1. The summed E-state index contributed by atoms with van der Waals surface area (Å²) >= 11 is 0. The van der Waals surface area contributed by atoms with Crippen LogP contribution in [0.25, 0.3) is 10.8 Å². The Labute approximate surface area is 241 Å². The van der Waals surface area contributed by atoms with Crippen molar-refractivity contribution in [2.75, 3.05) is 52.4 Å². The fourth-order valence-electron chi connectivity index (χ4n) is 5.90. The number of carbonyl (C=O) groups is 1. The van der Waals surface area contributed by atoms with Gasteiger partial charge in [-0.1, -0.05) is 60.7 Å². The average Bonchev–Trinajstić information content (AvgIpc) is 3.04. The van der Waals surface area contributed by atoms with Crippen molar-refractivity contribution < 1.29 is 19.0 Å². The Balaban J connectivity index is 1.51. The molecule has 210 valence electrons. The van der Waals surface area contributed by atoms with Gasteiger partial charge in [0.25, 0.3) is 0 Å². The van der Waals surface area contributed by atoms with Gasteiger partial charge >= 0.3 is 0 Å². The van der Waals surface area contributed by atoms with E-state index in [0.717, 1.165) is 27.6 Å².